The molecular weight excluding hydrogens is 324 g/mol. The molecule has 1 heterocycles. The van der Waals surface area contributed by atoms with E-state index >= 15 is 0 Å². The second kappa shape index (κ2) is 9.28. The van der Waals surface area contributed by atoms with Gasteiger partial charge in [-0.1, -0.05) is 18.2 Å². The van der Waals surface area contributed by atoms with Crippen molar-refractivity contribution in [3.8, 4) is 6.07 Å². The minimum absolute atomic E-state index is 0.213. The van der Waals surface area contributed by atoms with E-state index in [1.54, 1.807) is 24.4 Å². The smallest absolute Gasteiger partial charge is 0.151 e. The number of allylic oxidation sites excluding steroid dienone is 1. The first-order valence-corrected chi connectivity index (χ1v) is 8.49. The van der Waals surface area contributed by atoms with E-state index in [-0.39, 0.29) is 6.04 Å². The molecule has 0 fully saturated rings. The number of nitrogens with one attached hydrogen (secondary N) is 2. The van der Waals surface area contributed by atoms with Crippen LogP contribution in [0.2, 0.25) is 0 Å². The largest absolute Gasteiger partial charge is 0.381 e. The van der Waals surface area contributed by atoms with Gasteiger partial charge < -0.3 is 10.7 Å². The highest BCUT2D eigenvalue weighted by atomic mass is 16.1. The van der Waals surface area contributed by atoms with Crippen LogP contribution in [0.1, 0.15) is 46.6 Å². The maximum Gasteiger partial charge on any atom is 0.151 e. The number of pyridine rings is 1. The third kappa shape index (κ3) is 4.64. The summed E-state index contributed by atoms with van der Waals surface area (Å²) in [4.78, 5) is 15.9. The molecule has 0 radical (unpaired) electrons. The fourth-order valence-electron chi connectivity index (χ4n) is 2.81. The van der Waals surface area contributed by atoms with Crippen molar-refractivity contribution in [2.24, 2.45) is 0 Å². The first-order chi connectivity index (χ1) is 12.6. The number of benzene rings is 1. The molecule has 0 aliphatic rings. The normalized spacial score (nSPS) is 11.1. The summed E-state index contributed by atoms with van der Waals surface area (Å²) in [6.45, 7) is 4.06. The number of aromatic nitrogens is 1. The van der Waals surface area contributed by atoms with Crippen molar-refractivity contribution in [3.63, 3.8) is 0 Å². The Morgan fingerprint density at radius 3 is 2.65 bits per heavy atom. The summed E-state index contributed by atoms with van der Waals surface area (Å²) in [5, 5.41) is 19.9. The molecule has 132 valence electrons. The van der Waals surface area contributed by atoms with Crippen LogP contribution in [0.15, 0.2) is 42.6 Å². The van der Waals surface area contributed by atoms with Crippen LogP contribution in [-0.2, 0) is 12.8 Å². The van der Waals surface area contributed by atoms with Crippen LogP contribution in [0, 0.1) is 16.7 Å². The molecule has 5 heteroatoms. The Labute approximate surface area is 153 Å². The average molecular weight is 346 g/mol. The van der Waals surface area contributed by atoms with Gasteiger partial charge >= 0.3 is 0 Å². The maximum atomic E-state index is 11.4. The van der Waals surface area contributed by atoms with Crippen LogP contribution in [0.4, 0.5) is 0 Å². The highest BCUT2D eigenvalue weighted by Gasteiger charge is 2.12. The van der Waals surface area contributed by atoms with E-state index in [2.05, 4.69) is 16.4 Å². The van der Waals surface area contributed by atoms with E-state index < -0.39 is 0 Å². The maximum absolute atomic E-state index is 11.4. The Bertz CT molecular complexity index is 863. The van der Waals surface area contributed by atoms with Crippen LogP contribution in [0.25, 0.3) is 5.70 Å². The monoisotopic (exact) mass is 346 g/mol. The molecule has 5 nitrogen and oxygen atoms in total. The van der Waals surface area contributed by atoms with Crippen molar-refractivity contribution in [2.75, 3.05) is 0 Å². The van der Waals surface area contributed by atoms with Crippen LogP contribution in [0.5, 0.6) is 0 Å². The highest BCUT2D eigenvalue weighted by Crippen LogP contribution is 2.19. The zero-order valence-corrected chi connectivity index (χ0v) is 15.0. The summed E-state index contributed by atoms with van der Waals surface area (Å²) in [6, 6.07) is 11.5. The van der Waals surface area contributed by atoms with Gasteiger partial charge in [-0.2, -0.15) is 5.26 Å². The van der Waals surface area contributed by atoms with Gasteiger partial charge in [0.05, 0.1) is 23.0 Å². The number of aryl methyl sites for hydroxylation is 2. The van der Waals surface area contributed by atoms with Gasteiger partial charge in [-0.3, -0.25) is 9.78 Å². The number of rotatable bonds is 8. The van der Waals surface area contributed by atoms with E-state index in [1.165, 1.54) is 6.21 Å². The van der Waals surface area contributed by atoms with Gasteiger partial charge in [0, 0.05) is 24.0 Å². The molecule has 2 aromatic rings. The Hall–Kier alpha value is -3.26. The standard InChI is InChI=1S/C21H22N4O/c1-15(2)25-20(10-11-22)21-17(7-4-12-24-21)9-8-16-5-3-6-18(13-23)19(16)14-26/h3-7,10-12,14-15,22,25H,8-9H2,1-2H3/b20-10-,22-11?. The first kappa shape index (κ1) is 19.1. The summed E-state index contributed by atoms with van der Waals surface area (Å²) in [7, 11) is 0. The molecule has 0 atom stereocenters. The zero-order chi connectivity index (χ0) is 18.9. The fraction of sp³-hybridized carbons (Fsp3) is 0.238. The molecule has 0 aliphatic heterocycles. The highest BCUT2D eigenvalue weighted by molar-refractivity contribution is 5.82. The zero-order valence-electron chi connectivity index (χ0n) is 15.0. The predicted molar refractivity (Wildman–Crippen MR) is 103 cm³/mol. The van der Waals surface area contributed by atoms with Crippen LogP contribution in [0.3, 0.4) is 0 Å². The quantitative estimate of drug-likeness (QED) is 0.565. The Morgan fingerprint density at radius 2 is 2.00 bits per heavy atom. The van der Waals surface area contributed by atoms with Crippen LogP contribution in [-0.4, -0.2) is 23.5 Å². The topological polar surface area (TPSA) is 89.6 Å². The third-order valence-electron chi connectivity index (χ3n) is 3.94. The van der Waals surface area contributed by atoms with Crippen LogP contribution >= 0.6 is 0 Å². The first-order valence-electron chi connectivity index (χ1n) is 8.49. The summed E-state index contributed by atoms with van der Waals surface area (Å²) in [5.74, 6) is 0. The van der Waals surface area contributed by atoms with E-state index in [1.807, 2.05) is 32.0 Å². The number of carbonyl (C=O) groups excluding carboxylic acids is 1. The molecule has 0 saturated heterocycles. The van der Waals surface area contributed by atoms with Gasteiger partial charge in [-0.25, -0.2) is 0 Å². The predicted octanol–water partition coefficient (Wildman–Crippen LogP) is 3.54. The molecule has 0 unspecified atom stereocenters. The van der Waals surface area contributed by atoms with Gasteiger partial charge in [-0.05, 0) is 56.0 Å². The molecule has 1 aromatic heterocycles. The summed E-state index contributed by atoms with van der Waals surface area (Å²) >= 11 is 0. The minimum atomic E-state index is 0.213. The van der Waals surface area contributed by atoms with Crippen molar-refractivity contribution in [2.45, 2.75) is 32.7 Å². The Morgan fingerprint density at radius 1 is 1.27 bits per heavy atom. The second-order valence-electron chi connectivity index (χ2n) is 6.17. The lowest BCUT2D eigenvalue weighted by atomic mass is 9.96. The van der Waals surface area contributed by atoms with Gasteiger partial charge in [0.25, 0.3) is 0 Å². The molecule has 0 aliphatic carbocycles. The molecule has 0 bridgehead atoms. The summed E-state index contributed by atoms with van der Waals surface area (Å²) in [5.41, 5.74) is 4.32. The number of nitrogens with zero attached hydrogens (tertiary/aromatic N) is 2. The summed E-state index contributed by atoms with van der Waals surface area (Å²) in [6.07, 6.45) is 6.71. The van der Waals surface area contributed by atoms with Crippen molar-refractivity contribution < 1.29 is 4.79 Å². The second-order valence-corrected chi connectivity index (χ2v) is 6.17. The van der Waals surface area contributed by atoms with Gasteiger partial charge in [0.2, 0.25) is 0 Å². The Kier molecular flexibility index (Phi) is 6.81. The van der Waals surface area contributed by atoms with Crippen LogP contribution < -0.4 is 5.32 Å². The lowest BCUT2D eigenvalue weighted by molar-refractivity contribution is 0.112. The van der Waals surface area contributed by atoms with E-state index in [0.717, 1.165) is 28.8 Å². The molecule has 0 saturated carbocycles. The minimum Gasteiger partial charge on any atom is -0.381 e. The van der Waals surface area contributed by atoms with Gasteiger partial charge in [0.15, 0.2) is 6.29 Å². The molecule has 2 rings (SSSR count). The number of aldehydes is 1. The lowest BCUT2D eigenvalue weighted by Crippen LogP contribution is -2.22. The lowest BCUT2D eigenvalue weighted by Gasteiger charge is -2.16. The number of nitriles is 1. The molecule has 2 N–H and O–H groups in total. The van der Waals surface area contributed by atoms with E-state index in [4.69, 9.17) is 10.7 Å². The van der Waals surface area contributed by atoms with Gasteiger partial charge in [-0.15, -0.1) is 0 Å². The fourth-order valence-corrected chi connectivity index (χ4v) is 2.81. The number of hydrogen-bond donors (Lipinski definition) is 2. The van der Waals surface area contributed by atoms with Crippen molar-refractivity contribution >= 4 is 18.2 Å². The van der Waals surface area contributed by atoms with Crippen molar-refractivity contribution in [1.29, 1.82) is 10.7 Å². The number of hydrogen-bond acceptors (Lipinski definition) is 5. The van der Waals surface area contributed by atoms with Crippen molar-refractivity contribution in [1.82, 2.24) is 10.3 Å². The molecule has 26 heavy (non-hydrogen) atoms. The van der Waals surface area contributed by atoms with Crippen molar-refractivity contribution in [3.05, 3.63) is 70.6 Å². The summed E-state index contributed by atoms with van der Waals surface area (Å²) < 4.78 is 0. The molecular formula is C21H22N4O. The van der Waals surface area contributed by atoms with Gasteiger partial charge in [0.1, 0.15) is 0 Å². The molecule has 0 amide bonds. The number of carbonyl (C=O) groups is 1. The van der Waals surface area contributed by atoms with E-state index in [9.17, 15) is 4.79 Å². The molecule has 0 spiro atoms. The van der Waals surface area contributed by atoms with E-state index in [0.29, 0.717) is 24.0 Å². The average Bonchev–Trinajstić information content (AvgIpc) is 2.65. The Balaban J connectivity index is 2.32. The SMILES string of the molecule is CC(C)N/C(=C\C=N)c1ncccc1CCc1cccc(C#N)c1C=O. The molecule has 1 aromatic carbocycles. The third-order valence-corrected chi connectivity index (χ3v) is 3.94.